The van der Waals surface area contributed by atoms with Crippen molar-refractivity contribution in [2.45, 2.75) is 32.1 Å². The first-order chi connectivity index (χ1) is 12.8. The highest BCUT2D eigenvalue weighted by Gasteiger charge is 2.19. The first-order valence-electron chi connectivity index (χ1n) is 9.37. The molecule has 0 saturated heterocycles. The van der Waals surface area contributed by atoms with E-state index in [0.29, 0.717) is 12.5 Å². The zero-order chi connectivity index (χ0) is 17.8. The minimum absolute atomic E-state index is 0.229. The van der Waals surface area contributed by atoms with E-state index in [1.54, 1.807) is 18.3 Å². The number of hydrogen-bond donors (Lipinski definition) is 1. The van der Waals surface area contributed by atoms with Gasteiger partial charge in [0.05, 0.1) is 23.5 Å². The fourth-order valence-electron chi connectivity index (χ4n) is 3.68. The van der Waals surface area contributed by atoms with Crippen molar-refractivity contribution in [3.63, 3.8) is 0 Å². The zero-order valence-electron chi connectivity index (χ0n) is 14.8. The van der Waals surface area contributed by atoms with Crippen LogP contribution in [0.5, 0.6) is 5.75 Å². The molecule has 1 fully saturated rings. The van der Waals surface area contributed by atoms with Crippen LogP contribution in [-0.4, -0.2) is 16.7 Å². The number of hydrogen-bond acceptors (Lipinski definition) is 4. The van der Waals surface area contributed by atoms with Crippen molar-refractivity contribution in [2.75, 3.05) is 11.7 Å². The van der Waals surface area contributed by atoms with E-state index in [2.05, 4.69) is 4.98 Å². The molecule has 0 spiro atoms. The Bertz CT molecular complexity index is 860. The third-order valence-electron chi connectivity index (χ3n) is 5.08. The fourth-order valence-corrected chi connectivity index (χ4v) is 3.68. The number of nitrogens with zero attached hydrogens (tertiary/aromatic N) is 2. The highest BCUT2D eigenvalue weighted by atomic mass is 16.7. The smallest absolute Gasteiger partial charge is 0.116 e. The Labute approximate surface area is 154 Å². The van der Waals surface area contributed by atoms with Crippen LogP contribution in [0.4, 0.5) is 11.4 Å². The summed E-state index contributed by atoms with van der Waals surface area (Å²) in [6.45, 7) is 0.706. The van der Waals surface area contributed by atoms with Crippen LogP contribution in [0, 0.1) is 5.92 Å². The summed E-state index contributed by atoms with van der Waals surface area (Å²) in [7, 11) is 0. The molecule has 1 heterocycles. The maximum Gasteiger partial charge on any atom is 0.116 e. The number of benzene rings is 2. The normalized spacial score (nSPS) is 15.2. The van der Waals surface area contributed by atoms with Crippen LogP contribution in [-0.2, 0) is 4.84 Å². The van der Waals surface area contributed by atoms with Crippen LogP contribution in [0.2, 0.25) is 0 Å². The first-order valence-corrected chi connectivity index (χ1v) is 9.37. The average Bonchev–Trinajstić information content (AvgIpc) is 2.70. The molecule has 1 aromatic heterocycles. The molecule has 3 aromatic rings. The number of fused-ring (bicyclic) bond motifs is 1. The molecule has 1 N–H and O–H groups in total. The lowest BCUT2D eigenvalue weighted by atomic mass is 9.90. The Balaban J connectivity index is 1.70. The Morgan fingerprint density at radius 2 is 1.81 bits per heavy atom. The second-order valence-corrected chi connectivity index (χ2v) is 6.96. The van der Waals surface area contributed by atoms with E-state index in [-0.39, 0.29) is 5.75 Å². The predicted octanol–water partition coefficient (Wildman–Crippen LogP) is 5.59. The van der Waals surface area contributed by atoms with Gasteiger partial charge >= 0.3 is 0 Å². The number of aromatic nitrogens is 1. The minimum Gasteiger partial charge on any atom is -0.508 e. The quantitative estimate of drug-likeness (QED) is 0.611. The fraction of sp³-hybridized carbons (Fsp3) is 0.318. The summed E-state index contributed by atoms with van der Waals surface area (Å²) < 4.78 is 0. The number of pyridine rings is 1. The van der Waals surface area contributed by atoms with E-state index >= 15 is 0 Å². The zero-order valence-corrected chi connectivity index (χ0v) is 14.8. The largest absolute Gasteiger partial charge is 0.508 e. The summed E-state index contributed by atoms with van der Waals surface area (Å²) in [4.78, 5) is 10.7. The standard InChI is InChI=1S/C22H24N2O2/c25-19-11-12-21-20(15-19)22(13-14-23-21)24(18-9-5-2-6-10-18)26-16-17-7-3-1-4-8-17/h2,5-6,9-15,17,25H,1,3-4,7-8,16H2. The van der Waals surface area contributed by atoms with Gasteiger partial charge in [0, 0.05) is 11.6 Å². The lowest BCUT2D eigenvalue weighted by Gasteiger charge is -2.29. The molecule has 4 rings (SSSR count). The van der Waals surface area contributed by atoms with Gasteiger partial charge in [-0.2, -0.15) is 0 Å². The number of rotatable bonds is 5. The molecule has 4 nitrogen and oxygen atoms in total. The molecule has 0 atom stereocenters. The Hall–Kier alpha value is -2.59. The lowest BCUT2D eigenvalue weighted by Crippen LogP contribution is -2.23. The summed E-state index contributed by atoms with van der Waals surface area (Å²) in [6.07, 6.45) is 8.19. The summed E-state index contributed by atoms with van der Waals surface area (Å²) in [5.41, 5.74) is 2.70. The number of aromatic hydroxyl groups is 1. The molecular weight excluding hydrogens is 324 g/mol. The van der Waals surface area contributed by atoms with Crippen LogP contribution >= 0.6 is 0 Å². The van der Waals surface area contributed by atoms with Crippen molar-refractivity contribution in [3.8, 4) is 5.75 Å². The summed E-state index contributed by atoms with van der Waals surface area (Å²) >= 11 is 0. The van der Waals surface area contributed by atoms with Gasteiger partial charge in [0.2, 0.25) is 0 Å². The van der Waals surface area contributed by atoms with Crippen LogP contribution < -0.4 is 5.06 Å². The maximum atomic E-state index is 9.95. The maximum absolute atomic E-state index is 9.95. The third-order valence-corrected chi connectivity index (χ3v) is 5.08. The minimum atomic E-state index is 0.229. The summed E-state index contributed by atoms with van der Waals surface area (Å²) in [5.74, 6) is 0.837. The van der Waals surface area contributed by atoms with Gasteiger partial charge in [-0.25, -0.2) is 5.06 Å². The van der Waals surface area contributed by atoms with E-state index in [0.717, 1.165) is 22.3 Å². The monoisotopic (exact) mass is 348 g/mol. The molecule has 1 aliphatic rings. The number of phenolic OH excluding ortho intramolecular Hbond substituents is 1. The van der Waals surface area contributed by atoms with Crippen molar-refractivity contribution in [2.24, 2.45) is 5.92 Å². The molecule has 0 amide bonds. The van der Waals surface area contributed by atoms with Gasteiger partial charge in [-0.05, 0) is 55.2 Å². The molecule has 0 radical (unpaired) electrons. The van der Waals surface area contributed by atoms with E-state index in [4.69, 9.17) is 4.84 Å². The van der Waals surface area contributed by atoms with Crippen molar-refractivity contribution >= 4 is 22.3 Å². The Morgan fingerprint density at radius 3 is 2.62 bits per heavy atom. The van der Waals surface area contributed by atoms with Gasteiger partial charge in [-0.15, -0.1) is 0 Å². The molecule has 0 unspecified atom stereocenters. The average molecular weight is 348 g/mol. The van der Waals surface area contributed by atoms with Gasteiger partial charge < -0.3 is 5.11 Å². The van der Waals surface area contributed by atoms with Crippen molar-refractivity contribution < 1.29 is 9.94 Å². The van der Waals surface area contributed by atoms with Gasteiger partial charge in [0.25, 0.3) is 0 Å². The number of anilines is 2. The summed E-state index contributed by atoms with van der Waals surface area (Å²) in [5, 5.41) is 12.7. The Morgan fingerprint density at radius 1 is 1.00 bits per heavy atom. The van der Waals surface area contributed by atoms with Gasteiger partial charge in [-0.3, -0.25) is 9.82 Å². The van der Waals surface area contributed by atoms with E-state index in [1.807, 2.05) is 47.5 Å². The highest BCUT2D eigenvalue weighted by Crippen LogP contribution is 2.34. The molecule has 2 aromatic carbocycles. The topological polar surface area (TPSA) is 45.6 Å². The number of para-hydroxylation sites is 1. The third kappa shape index (κ3) is 3.65. The van der Waals surface area contributed by atoms with Crippen LogP contribution in [0.25, 0.3) is 10.9 Å². The molecule has 0 aliphatic heterocycles. The molecular formula is C22H24N2O2. The summed E-state index contributed by atoms with van der Waals surface area (Å²) in [6, 6.07) is 17.3. The second kappa shape index (κ2) is 7.75. The first kappa shape index (κ1) is 16.9. The van der Waals surface area contributed by atoms with Gasteiger partial charge in [0.1, 0.15) is 5.75 Å². The molecule has 26 heavy (non-hydrogen) atoms. The molecule has 0 bridgehead atoms. The van der Waals surface area contributed by atoms with Gasteiger partial charge in [-0.1, -0.05) is 37.5 Å². The molecule has 1 aliphatic carbocycles. The van der Waals surface area contributed by atoms with Crippen LogP contribution in [0.15, 0.2) is 60.8 Å². The molecule has 4 heteroatoms. The molecule has 134 valence electrons. The van der Waals surface area contributed by atoms with Crippen molar-refractivity contribution in [1.82, 2.24) is 4.98 Å². The Kier molecular flexibility index (Phi) is 5.02. The highest BCUT2D eigenvalue weighted by molar-refractivity contribution is 5.93. The van der Waals surface area contributed by atoms with E-state index in [9.17, 15) is 5.11 Å². The molecule has 1 saturated carbocycles. The van der Waals surface area contributed by atoms with E-state index in [1.165, 1.54) is 32.1 Å². The van der Waals surface area contributed by atoms with Crippen LogP contribution in [0.3, 0.4) is 0 Å². The van der Waals surface area contributed by atoms with Gasteiger partial charge in [0.15, 0.2) is 0 Å². The predicted molar refractivity (Wildman–Crippen MR) is 105 cm³/mol. The number of phenols is 1. The lowest BCUT2D eigenvalue weighted by molar-refractivity contribution is 0.0862. The van der Waals surface area contributed by atoms with Crippen LogP contribution in [0.1, 0.15) is 32.1 Å². The van der Waals surface area contributed by atoms with E-state index < -0.39 is 0 Å². The SMILES string of the molecule is Oc1ccc2nccc(N(OCC3CCCCC3)c3ccccc3)c2c1. The van der Waals surface area contributed by atoms with Crippen molar-refractivity contribution in [1.29, 1.82) is 0 Å². The second-order valence-electron chi connectivity index (χ2n) is 6.96. The van der Waals surface area contributed by atoms with Crippen molar-refractivity contribution in [3.05, 3.63) is 60.8 Å².